The molecule has 0 amide bonds. The fourth-order valence-corrected chi connectivity index (χ4v) is 9.46. The van der Waals surface area contributed by atoms with E-state index < -0.39 is 0 Å². The minimum absolute atomic E-state index is 1.22. The van der Waals surface area contributed by atoms with Gasteiger partial charge in [0.05, 0.1) is 25.0 Å². The van der Waals surface area contributed by atoms with E-state index in [9.17, 15) is 0 Å². The van der Waals surface area contributed by atoms with Crippen LogP contribution in [0.5, 0.6) is 0 Å². The van der Waals surface area contributed by atoms with Gasteiger partial charge in [-0.2, -0.15) is 0 Å². The van der Waals surface area contributed by atoms with Crippen molar-refractivity contribution in [1.29, 1.82) is 0 Å². The molecule has 0 aliphatic carbocycles. The Morgan fingerprint density at radius 3 is 1.50 bits per heavy atom. The lowest BCUT2D eigenvalue weighted by molar-refractivity contribution is 2.00. The molecule has 0 aliphatic heterocycles. The Labute approximate surface area is 146 Å². The summed E-state index contributed by atoms with van der Waals surface area (Å²) in [5, 5.41) is 5.57. The molecule has 0 aliphatic rings. The van der Waals surface area contributed by atoms with Gasteiger partial charge >= 0.3 is 0 Å². The Morgan fingerprint density at radius 1 is 0.600 bits per heavy atom. The third-order valence-corrected chi connectivity index (χ3v) is 9.48. The van der Waals surface area contributed by atoms with Crippen LogP contribution in [0.1, 0.15) is 0 Å². The molecule has 1 aromatic carbocycles. The molecular formula is C14H4Br2S4. The van der Waals surface area contributed by atoms with Crippen LogP contribution in [0.15, 0.2) is 31.8 Å². The van der Waals surface area contributed by atoms with E-state index in [4.69, 9.17) is 0 Å². The van der Waals surface area contributed by atoms with E-state index in [1.54, 1.807) is 0 Å². The van der Waals surface area contributed by atoms with Crippen molar-refractivity contribution in [2.45, 2.75) is 0 Å². The first-order valence-corrected chi connectivity index (χ1v) is 10.7. The van der Waals surface area contributed by atoms with E-state index in [1.807, 2.05) is 45.3 Å². The second-order valence-electron chi connectivity index (χ2n) is 4.53. The molecule has 0 radical (unpaired) electrons. The Morgan fingerprint density at radius 2 is 1.05 bits per heavy atom. The Hall–Kier alpha value is 0.0200. The predicted octanol–water partition coefficient (Wildman–Crippen LogP) is 8.07. The summed E-state index contributed by atoms with van der Waals surface area (Å²) in [6, 6.07) is 9.06. The van der Waals surface area contributed by atoms with Gasteiger partial charge in [-0.25, -0.2) is 0 Å². The Bertz CT molecular complexity index is 1030. The maximum Gasteiger partial charge on any atom is 0.0890 e. The van der Waals surface area contributed by atoms with E-state index in [2.05, 4.69) is 56.1 Å². The summed E-state index contributed by atoms with van der Waals surface area (Å²) < 4.78 is 8.16. The van der Waals surface area contributed by atoms with Gasteiger partial charge in [0.2, 0.25) is 0 Å². The SMILES string of the molecule is Brc1cc2c(s1)sc1c2ccc2c3cc(Br)sc3sc21. The molecule has 20 heavy (non-hydrogen) atoms. The van der Waals surface area contributed by atoms with Crippen LogP contribution in [0.4, 0.5) is 0 Å². The molecule has 0 atom stereocenters. The van der Waals surface area contributed by atoms with Crippen molar-refractivity contribution in [2.24, 2.45) is 0 Å². The van der Waals surface area contributed by atoms with Gasteiger partial charge in [0.1, 0.15) is 0 Å². The monoisotopic (exact) mass is 458 g/mol. The molecule has 0 saturated carbocycles. The highest BCUT2D eigenvalue weighted by Gasteiger charge is 2.15. The maximum absolute atomic E-state index is 3.59. The third kappa shape index (κ3) is 1.61. The van der Waals surface area contributed by atoms with E-state index >= 15 is 0 Å². The number of fused-ring (bicyclic) bond motifs is 7. The van der Waals surface area contributed by atoms with Gasteiger partial charge in [0, 0.05) is 21.5 Å². The molecule has 6 heteroatoms. The number of thiophene rings is 4. The largest absolute Gasteiger partial charge is 0.123 e. The summed E-state index contributed by atoms with van der Waals surface area (Å²) in [6.45, 7) is 0. The average molecular weight is 460 g/mol. The van der Waals surface area contributed by atoms with Crippen LogP contribution in [0.3, 0.4) is 0 Å². The zero-order chi connectivity index (χ0) is 13.4. The first-order chi connectivity index (χ1) is 9.70. The lowest BCUT2D eigenvalue weighted by Crippen LogP contribution is -1.65. The topological polar surface area (TPSA) is 0 Å². The maximum atomic E-state index is 3.59. The summed E-state index contributed by atoms with van der Waals surface area (Å²) in [7, 11) is 0. The fourth-order valence-electron chi connectivity index (χ4n) is 2.59. The van der Waals surface area contributed by atoms with Gasteiger partial charge in [-0.15, -0.1) is 45.3 Å². The minimum atomic E-state index is 1.22. The van der Waals surface area contributed by atoms with E-state index in [0.29, 0.717) is 0 Å². The summed E-state index contributed by atoms with van der Waals surface area (Å²) in [6.07, 6.45) is 0. The summed E-state index contributed by atoms with van der Waals surface area (Å²) in [5.41, 5.74) is 0. The van der Waals surface area contributed by atoms with Crippen LogP contribution in [0, 0.1) is 0 Å². The second kappa shape index (κ2) is 4.27. The number of benzene rings is 1. The van der Waals surface area contributed by atoms with Crippen LogP contribution in [0.25, 0.3) is 39.0 Å². The molecule has 5 aromatic rings. The van der Waals surface area contributed by atoms with Crippen LogP contribution in [-0.4, -0.2) is 0 Å². The van der Waals surface area contributed by atoms with E-state index in [1.165, 1.54) is 46.5 Å². The molecular weight excluding hydrogens is 456 g/mol. The van der Waals surface area contributed by atoms with Crippen molar-refractivity contribution in [1.82, 2.24) is 0 Å². The highest BCUT2D eigenvalue weighted by molar-refractivity contribution is 9.11. The van der Waals surface area contributed by atoms with E-state index in [-0.39, 0.29) is 0 Å². The lowest BCUT2D eigenvalue weighted by atomic mass is 10.1. The van der Waals surface area contributed by atoms with Crippen molar-refractivity contribution in [3.8, 4) is 0 Å². The van der Waals surface area contributed by atoms with Gasteiger partial charge in [-0.05, 0) is 44.0 Å². The molecule has 0 saturated heterocycles. The first-order valence-electron chi connectivity index (χ1n) is 5.83. The van der Waals surface area contributed by atoms with E-state index in [0.717, 1.165) is 0 Å². The Balaban J connectivity index is 2.03. The summed E-state index contributed by atoms with van der Waals surface area (Å²) in [5.74, 6) is 0. The number of halogens is 2. The molecule has 0 unspecified atom stereocenters. The zero-order valence-electron chi connectivity index (χ0n) is 9.70. The summed E-state index contributed by atoms with van der Waals surface area (Å²) >= 11 is 14.7. The molecule has 0 fully saturated rings. The van der Waals surface area contributed by atoms with Crippen molar-refractivity contribution < 1.29 is 0 Å². The van der Waals surface area contributed by atoms with Gasteiger partial charge in [0.15, 0.2) is 0 Å². The molecule has 5 rings (SSSR count). The second-order valence-corrected chi connectivity index (χ2v) is 11.9. The number of rotatable bonds is 0. The lowest BCUT2D eigenvalue weighted by Gasteiger charge is -1.93. The predicted molar refractivity (Wildman–Crippen MR) is 103 cm³/mol. The molecule has 4 heterocycles. The van der Waals surface area contributed by atoms with Gasteiger partial charge in [0.25, 0.3) is 0 Å². The third-order valence-electron chi connectivity index (χ3n) is 3.42. The van der Waals surface area contributed by atoms with Crippen LogP contribution in [0.2, 0.25) is 0 Å². The van der Waals surface area contributed by atoms with Crippen molar-refractivity contribution >= 4 is 116 Å². The van der Waals surface area contributed by atoms with Crippen LogP contribution in [-0.2, 0) is 0 Å². The minimum Gasteiger partial charge on any atom is -0.123 e. The van der Waals surface area contributed by atoms with Crippen molar-refractivity contribution in [3.05, 3.63) is 31.8 Å². The summed E-state index contributed by atoms with van der Waals surface area (Å²) in [4.78, 5) is 0. The number of hydrogen-bond donors (Lipinski definition) is 0. The smallest absolute Gasteiger partial charge is 0.0890 e. The standard InChI is InChI=1S/C14H4Br2S4/c15-9-3-7-5-1-2-6-8-4-10(16)18-14(8)20-12(6)11(5)19-13(7)17-9/h1-4H. The molecule has 4 aromatic heterocycles. The van der Waals surface area contributed by atoms with Crippen molar-refractivity contribution in [2.75, 3.05) is 0 Å². The highest BCUT2D eigenvalue weighted by atomic mass is 79.9. The number of hydrogen-bond acceptors (Lipinski definition) is 4. The highest BCUT2D eigenvalue weighted by Crippen LogP contribution is 2.49. The quantitative estimate of drug-likeness (QED) is 0.219. The van der Waals surface area contributed by atoms with Crippen LogP contribution < -0.4 is 0 Å². The molecule has 98 valence electrons. The normalized spacial score (nSPS) is 12.5. The molecule has 0 spiro atoms. The first kappa shape index (κ1) is 12.6. The molecule has 0 nitrogen and oxygen atoms in total. The van der Waals surface area contributed by atoms with Crippen LogP contribution >= 0.6 is 77.2 Å². The molecule has 0 N–H and O–H groups in total. The van der Waals surface area contributed by atoms with Gasteiger partial charge < -0.3 is 0 Å². The van der Waals surface area contributed by atoms with Gasteiger partial charge in [-0.1, -0.05) is 12.1 Å². The van der Waals surface area contributed by atoms with Crippen molar-refractivity contribution in [3.63, 3.8) is 0 Å². The average Bonchev–Trinajstić information content (AvgIpc) is 3.07. The molecule has 0 bridgehead atoms. The van der Waals surface area contributed by atoms with Gasteiger partial charge in [-0.3, -0.25) is 0 Å². The zero-order valence-corrected chi connectivity index (χ0v) is 16.1. The fraction of sp³-hybridized carbons (Fsp3) is 0. The Kier molecular flexibility index (Phi) is 2.68.